The third-order valence-corrected chi connectivity index (χ3v) is 5.10. The fourth-order valence-corrected chi connectivity index (χ4v) is 3.63. The molecule has 188 valence electrons. The SMILES string of the molecule is F[P-](F)(F)(F)(F)F.c1ccc(CN(Cc2ccccn2)c2ccc3c[n+]4ccccc4cc3c2)nc1. The van der Waals surface area contributed by atoms with Crippen molar-refractivity contribution in [3.8, 4) is 0 Å². The first-order valence-electron chi connectivity index (χ1n) is 10.8. The van der Waals surface area contributed by atoms with E-state index in [1.54, 1.807) is 0 Å². The Labute approximate surface area is 202 Å². The molecule has 0 saturated carbocycles. The molecule has 0 spiro atoms. The first-order chi connectivity index (χ1) is 16.8. The second kappa shape index (κ2) is 9.02. The van der Waals surface area contributed by atoms with Crippen LogP contribution >= 0.6 is 7.81 Å². The molecule has 0 amide bonds. The van der Waals surface area contributed by atoms with E-state index in [0.717, 1.165) is 30.2 Å². The van der Waals surface area contributed by atoms with Crippen LogP contribution in [0.1, 0.15) is 11.4 Å². The summed E-state index contributed by atoms with van der Waals surface area (Å²) >= 11 is 0. The van der Waals surface area contributed by atoms with E-state index in [2.05, 4.69) is 86.3 Å². The van der Waals surface area contributed by atoms with Gasteiger partial charge in [0.05, 0.1) is 24.5 Å². The Bertz CT molecular complexity index is 1430. The summed E-state index contributed by atoms with van der Waals surface area (Å²) in [6.45, 7) is 1.45. The molecule has 0 radical (unpaired) electrons. The summed E-state index contributed by atoms with van der Waals surface area (Å²) < 4.78 is 61.3. The molecule has 0 saturated heterocycles. The Morgan fingerprint density at radius 3 is 1.81 bits per heavy atom. The normalized spacial score (nSPS) is 13.4. The Balaban J connectivity index is 0.000000384. The predicted molar refractivity (Wildman–Crippen MR) is 129 cm³/mol. The number of rotatable bonds is 5. The van der Waals surface area contributed by atoms with Crippen LogP contribution in [-0.2, 0) is 13.1 Å². The third kappa shape index (κ3) is 8.16. The van der Waals surface area contributed by atoms with E-state index in [0.29, 0.717) is 0 Å². The van der Waals surface area contributed by atoms with Crippen LogP contribution in [0.4, 0.5) is 30.9 Å². The number of pyridine rings is 4. The molecule has 36 heavy (non-hydrogen) atoms. The zero-order chi connectivity index (χ0) is 25.9. The van der Waals surface area contributed by atoms with E-state index >= 15 is 0 Å². The summed E-state index contributed by atoms with van der Waals surface area (Å²) in [6, 6.07) is 27.2. The summed E-state index contributed by atoms with van der Waals surface area (Å²) in [5.41, 5.74) is 4.42. The Hall–Kier alpha value is -3.78. The average Bonchev–Trinajstić information content (AvgIpc) is 2.81. The van der Waals surface area contributed by atoms with Crippen LogP contribution in [0, 0.1) is 0 Å². The van der Waals surface area contributed by atoms with Crippen molar-refractivity contribution in [1.29, 1.82) is 0 Å². The molecule has 0 aliphatic heterocycles. The molecule has 1 aromatic carbocycles. The number of benzene rings is 1. The monoisotopic (exact) mass is 522 g/mol. The summed E-state index contributed by atoms with van der Waals surface area (Å²) in [6.07, 6.45) is 7.95. The number of nitrogens with zero attached hydrogens (tertiary/aromatic N) is 4. The average molecular weight is 522 g/mol. The van der Waals surface area contributed by atoms with Crippen molar-refractivity contribution in [1.82, 2.24) is 9.97 Å². The smallest absolute Gasteiger partial charge is 0.211 e. The van der Waals surface area contributed by atoms with Crippen molar-refractivity contribution in [3.63, 3.8) is 0 Å². The Morgan fingerprint density at radius 1 is 0.667 bits per heavy atom. The fraction of sp³-hybridized carbons (Fsp3) is 0.0800. The van der Waals surface area contributed by atoms with Crippen molar-refractivity contribution in [3.05, 3.63) is 115 Å². The molecule has 5 rings (SSSR count). The van der Waals surface area contributed by atoms with E-state index < -0.39 is 7.81 Å². The molecule has 0 unspecified atom stereocenters. The fourth-order valence-electron chi connectivity index (χ4n) is 3.63. The van der Waals surface area contributed by atoms with Crippen LogP contribution in [0.5, 0.6) is 0 Å². The number of hydrogen-bond acceptors (Lipinski definition) is 3. The second-order valence-corrected chi connectivity index (χ2v) is 9.99. The number of halogens is 6. The van der Waals surface area contributed by atoms with E-state index in [-0.39, 0.29) is 0 Å². The second-order valence-electron chi connectivity index (χ2n) is 8.08. The Kier molecular flexibility index (Phi) is 6.34. The number of aromatic nitrogens is 3. The molecule has 0 N–H and O–H groups in total. The number of hydrogen-bond donors (Lipinski definition) is 0. The molecular formula is C25H21F6N4P. The molecule has 4 heterocycles. The van der Waals surface area contributed by atoms with Crippen LogP contribution in [0.25, 0.3) is 16.3 Å². The zero-order valence-corrected chi connectivity index (χ0v) is 19.6. The van der Waals surface area contributed by atoms with Crippen molar-refractivity contribution < 1.29 is 29.6 Å². The standard InChI is InChI=1S/C25H21N4.F6P/c1-4-12-26-22(7-1)18-29(19-23-8-2-5-13-27-23)25-11-10-20-17-28-14-6-3-9-24(28)15-21(20)16-25;1-7(2,3,4,5)6/h1-17H,18-19H2;/q+1;-1. The van der Waals surface area contributed by atoms with Crippen molar-refractivity contribution in [2.75, 3.05) is 4.90 Å². The topological polar surface area (TPSA) is 33.1 Å². The van der Waals surface area contributed by atoms with E-state index in [1.807, 2.05) is 36.7 Å². The van der Waals surface area contributed by atoms with Gasteiger partial charge < -0.3 is 4.90 Å². The van der Waals surface area contributed by atoms with Gasteiger partial charge in [0.25, 0.3) is 0 Å². The number of anilines is 1. The Morgan fingerprint density at radius 2 is 1.25 bits per heavy atom. The van der Waals surface area contributed by atoms with Crippen LogP contribution in [0.2, 0.25) is 0 Å². The van der Waals surface area contributed by atoms with Gasteiger partial charge in [-0.15, -0.1) is 0 Å². The zero-order valence-electron chi connectivity index (χ0n) is 18.7. The molecule has 5 aromatic rings. The maximum Gasteiger partial charge on any atom is 0.211 e. The molecule has 0 fully saturated rings. The molecule has 0 aliphatic rings. The van der Waals surface area contributed by atoms with E-state index in [1.165, 1.54) is 16.3 Å². The first kappa shape index (κ1) is 25.3. The van der Waals surface area contributed by atoms with Crippen molar-refractivity contribution in [2.24, 2.45) is 0 Å². The van der Waals surface area contributed by atoms with Gasteiger partial charge in [-0.2, -0.15) is 4.40 Å². The van der Waals surface area contributed by atoms with Crippen LogP contribution in [0.3, 0.4) is 0 Å². The minimum Gasteiger partial charge on any atom is -0.360 e. The van der Waals surface area contributed by atoms with Gasteiger partial charge >= 0.3 is 33.0 Å². The first-order valence-corrected chi connectivity index (χ1v) is 12.8. The summed E-state index contributed by atoms with van der Waals surface area (Å²) in [5.74, 6) is 0. The number of fused-ring (bicyclic) bond motifs is 2. The van der Waals surface area contributed by atoms with Crippen LogP contribution in [-0.4, -0.2) is 9.97 Å². The maximum absolute atomic E-state index is 10.7. The molecule has 0 bridgehead atoms. The largest absolute Gasteiger partial charge is 0.360 e. The van der Waals surface area contributed by atoms with Gasteiger partial charge in [0.1, 0.15) is 0 Å². The molecule has 4 nitrogen and oxygen atoms in total. The summed E-state index contributed by atoms with van der Waals surface area (Å²) in [5, 5.41) is 2.44. The minimum atomic E-state index is -10.7. The van der Waals surface area contributed by atoms with Gasteiger partial charge in [-0.3, -0.25) is 9.97 Å². The summed E-state index contributed by atoms with van der Waals surface area (Å²) in [7, 11) is -10.7. The van der Waals surface area contributed by atoms with Gasteiger partial charge in [-0.25, -0.2) is 0 Å². The van der Waals surface area contributed by atoms with Crippen molar-refractivity contribution in [2.45, 2.75) is 13.1 Å². The van der Waals surface area contributed by atoms with Gasteiger partial charge in [0.2, 0.25) is 5.52 Å². The molecule has 4 aromatic heterocycles. The van der Waals surface area contributed by atoms with Gasteiger partial charge in [-0.1, -0.05) is 12.1 Å². The van der Waals surface area contributed by atoms with Gasteiger partial charge in [0.15, 0.2) is 12.4 Å². The van der Waals surface area contributed by atoms with Crippen LogP contribution in [0.15, 0.2) is 104 Å². The van der Waals surface area contributed by atoms with Gasteiger partial charge in [-0.05, 0) is 53.9 Å². The summed E-state index contributed by atoms with van der Waals surface area (Å²) in [4.78, 5) is 11.4. The third-order valence-electron chi connectivity index (χ3n) is 5.10. The molecule has 11 heteroatoms. The molecule has 0 aliphatic carbocycles. The van der Waals surface area contributed by atoms with Gasteiger partial charge in [0, 0.05) is 41.7 Å². The molecular weight excluding hydrogens is 501 g/mol. The van der Waals surface area contributed by atoms with Crippen molar-refractivity contribution >= 4 is 29.8 Å². The molecule has 0 atom stereocenters. The van der Waals surface area contributed by atoms with E-state index in [4.69, 9.17) is 0 Å². The maximum atomic E-state index is 9.87. The van der Waals surface area contributed by atoms with E-state index in [9.17, 15) is 25.2 Å². The predicted octanol–water partition coefficient (Wildman–Crippen LogP) is 7.96. The quantitative estimate of drug-likeness (QED) is 0.102. The van der Waals surface area contributed by atoms with Crippen LogP contribution < -0.4 is 9.30 Å². The minimum absolute atomic E-state index is 0.727.